The van der Waals surface area contributed by atoms with Crippen LogP contribution >= 0.6 is 0 Å². The Hall–Kier alpha value is -1.99. The third-order valence-electron chi connectivity index (χ3n) is 3.58. The molecule has 2 amide bonds. The predicted molar refractivity (Wildman–Crippen MR) is 91.3 cm³/mol. The molecule has 0 radical (unpaired) electrons. The van der Waals surface area contributed by atoms with Crippen molar-refractivity contribution in [1.29, 1.82) is 0 Å². The van der Waals surface area contributed by atoms with Crippen molar-refractivity contribution in [3.05, 3.63) is 0 Å². The summed E-state index contributed by atoms with van der Waals surface area (Å²) in [5.74, 6) is -1.80. The van der Waals surface area contributed by atoms with Crippen molar-refractivity contribution in [2.45, 2.75) is 71.6 Å². The number of rotatable bonds is 2. The molecule has 1 heterocycles. The summed E-state index contributed by atoms with van der Waals surface area (Å²) in [5.41, 5.74) is -1.29. The highest BCUT2D eigenvalue weighted by Gasteiger charge is 2.35. The first kappa shape index (κ1) is 21.1. The Kier molecular flexibility index (Phi) is 6.68. The van der Waals surface area contributed by atoms with Gasteiger partial charge >= 0.3 is 18.2 Å². The van der Waals surface area contributed by atoms with Crippen LogP contribution in [0.25, 0.3) is 0 Å². The molecular formula is C17H30N2O6. The second-order valence-electron chi connectivity index (χ2n) is 8.24. The van der Waals surface area contributed by atoms with E-state index in [2.05, 4.69) is 5.32 Å². The molecule has 0 aromatic rings. The van der Waals surface area contributed by atoms with Gasteiger partial charge in [0.15, 0.2) is 0 Å². The van der Waals surface area contributed by atoms with Gasteiger partial charge in [0.25, 0.3) is 0 Å². The summed E-state index contributed by atoms with van der Waals surface area (Å²) < 4.78 is 10.5. The highest BCUT2D eigenvalue weighted by atomic mass is 16.6. The van der Waals surface area contributed by atoms with Crippen LogP contribution in [0.2, 0.25) is 0 Å². The van der Waals surface area contributed by atoms with E-state index in [9.17, 15) is 19.5 Å². The largest absolute Gasteiger partial charge is 0.481 e. The van der Waals surface area contributed by atoms with Gasteiger partial charge in [-0.3, -0.25) is 4.79 Å². The normalized spacial score (nSPS) is 21.9. The van der Waals surface area contributed by atoms with Gasteiger partial charge in [0.1, 0.15) is 11.2 Å². The molecule has 0 unspecified atom stereocenters. The first-order chi connectivity index (χ1) is 11.3. The zero-order valence-corrected chi connectivity index (χ0v) is 15.9. The molecule has 25 heavy (non-hydrogen) atoms. The smallest absolute Gasteiger partial charge is 0.410 e. The summed E-state index contributed by atoms with van der Waals surface area (Å²) in [6.45, 7) is 11.1. The van der Waals surface area contributed by atoms with Crippen molar-refractivity contribution in [1.82, 2.24) is 10.2 Å². The van der Waals surface area contributed by atoms with Crippen LogP contribution in [-0.4, -0.2) is 58.5 Å². The summed E-state index contributed by atoms with van der Waals surface area (Å²) >= 11 is 0. The number of alkyl carbamates (subject to hydrolysis) is 1. The number of nitrogens with zero attached hydrogens (tertiary/aromatic N) is 1. The van der Waals surface area contributed by atoms with Crippen molar-refractivity contribution >= 4 is 18.2 Å². The van der Waals surface area contributed by atoms with Crippen LogP contribution in [0.15, 0.2) is 0 Å². The van der Waals surface area contributed by atoms with Gasteiger partial charge in [-0.15, -0.1) is 0 Å². The van der Waals surface area contributed by atoms with Crippen LogP contribution in [0, 0.1) is 5.92 Å². The Bertz CT molecular complexity index is 506. The van der Waals surface area contributed by atoms with E-state index in [-0.39, 0.29) is 13.0 Å². The third-order valence-corrected chi connectivity index (χ3v) is 3.58. The van der Waals surface area contributed by atoms with Crippen LogP contribution in [0.5, 0.6) is 0 Å². The number of nitrogens with one attached hydrogen (secondary N) is 1. The molecular weight excluding hydrogens is 328 g/mol. The Balaban J connectivity index is 2.77. The van der Waals surface area contributed by atoms with Gasteiger partial charge in [-0.1, -0.05) is 0 Å². The molecule has 1 rings (SSSR count). The predicted octanol–water partition coefficient (Wildman–Crippen LogP) is 2.61. The number of carbonyl (C=O) groups excluding carboxylic acids is 2. The first-order valence-electron chi connectivity index (χ1n) is 8.49. The topological polar surface area (TPSA) is 105 Å². The van der Waals surface area contributed by atoms with E-state index in [1.54, 1.807) is 41.5 Å². The number of hydrogen-bond acceptors (Lipinski definition) is 5. The lowest BCUT2D eigenvalue weighted by Gasteiger charge is -2.26. The molecule has 1 fully saturated rings. The molecule has 1 aliphatic rings. The summed E-state index contributed by atoms with van der Waals surface area (Å²) in [6, 6.07) is -0.611. The van der Waals surface area contributed by atoms with Gasteiger partial charge in [0.2, 0.25) is 0 Å². The first-order valence-corrected chi connectivity index (χ1v) is 8.49. The maximum absolute atomic E-state index is 12.2. The fourth-order valence-electron chi connectivity index (χ4n) is 2.54. The van der Waals surface area contributed by atoms with Crippen molar-refractivity contribution in [2.24, 2.45) is 5.92 Å². The van der Waals surface area contributed by atoms with Crippen molar-refractivity contribution in [3.8, 4) is 0 Å². The Morgan fingerprint density at radius 1 is 0.960 bits per heavy atom. The fourth-order valence-corrected chi connectivity index (χ4v) is 2.54. The maximum atomic E-state index is 12.2. The number of likely N-dealkylation sites (tertiary alicyclic amines) is 1. The number of aliphatic carboxylic acids is 1. The SMILES string of the molecule is CC(C)(C)OC(=O)N[C@@H]1CCN(C(=O)OC(C)(C)C)CC[C@H]1C(=O)O. The highest BCUT2D eigenvalue weighted by Crippen LogP contribution is 2.21. The second kappa shape index (κ2) is 7.93. The zero-order valence-electron chi connectivity index (χ0n) is 15.9. The molecule has 144 valence electrons. The number of ether oxygens (including phenoxy) is 2. The Morgan fingerprint density at radius 2 is 1.48 bits per heavy atom. The lowest BCUT2D eigenvalue weighted by atomic mass is 9.95. The quantitative estimate of drug-likeness (QED) is 0.786. The lowest BCUT2D eigenvalue weighted by Crippen LogP contribution is -2.45. The fraction of sp³-hybridized carbons (Fsp3) is 0.824. The van der Waals surface area contributed by atoms with Crippen LogP contribution in [-0.2, 0) is 14.3 Å². The van der Waals surface area contributed by atoms with Crippen molar-refractivity contribution < 1.29 is 29.0 Å². The number of carboxylic acid groups (broad SMARTS) is 1. The average Bonchev–Trinajstić information content (AvgIpc) is 2.56. The molecule has 1 saturated heterocycles. The zero-order chi connectivity index (χ0) is 19.4. The van der Waals surface area contributed by atoms with Crippen molar-refractivity contribution in [3.63, 3.8) is 0 Å². The maximum Gasteiger partial charge on any atom is 0.410 e. The molecule has 1 aliphatic heterocycles. The summed E-state index contributed by atoms with van der Waals surface area (Å²) in [4.78, 5) is 37.2. The van der Waals surface area contributed by atoms with E-state index in [4.69, 9.17) is 9.47 Å². The molecule has 0 aliphatic carbocycles. The Labute approximate surface area is 148 Å². The molecule has 0 spiro atoms. The van der Waals surface area contributed by atoms with Gasteiger partial charge < -0.3 is 24.8 Å². The monoisotopic (exact) mass is 358 g/mol. The van der Waals surface area contributed by atoms with E-state index >= 15 is 0 Å². The number of hydrogen-bond donors (Lipinski definition) is 2. The molecule has 8 heteroatoms. The van der Waals surface area contributed by atoms with E-state index in [1.807, 2.05) is 0 Å². The van der Waals surface area contributed by atoms with Crippen LogP contribution in [0.1, 0.15) is 54.4 Å². The standard InChI is InChI=1S/C17H30N2O6/c1-16(2,3)24-14(22)18-12-8-10-19(9-7-11(12)13(20)21)15(23)25-17(4,5)6/h11-12H,7-10H2,1-6H3,(H,18,22)(H,20,21)/t11-,12-/m1/s1. The van der Waals surface area contributed by atoms with E-state index in [0.717, 1.165) is 0 Å². The molecule has 0 aromatic carbocycles. The molecule has 8 nitrogen and oxygen atoms in total. The third kappa shape index (κ3) is 7.62. The average molecular weight is 358 g/mol. The van der Waals surface area contributed by atoms with Crippen LogP contribution < -0.4 is 5.32 Å². The van der Waals surface area contributed by atoms with Crippen molar-refractivity contribution in [2.75, 3.05) is 13.1 Å². The van der Waals surface area contributed by atoms with Crippen LogP contribution in [0.4, 0.5) is 9.59 Å². The molecule has 2 atom stereocenters. The molecule has 0 aromatic heterocycles. The molecule has 0 saturated carbocycles. The van der Waals surface area contributed by atoms with E-state index in [1.165, 1.54) is 4.90 Å². The lowest BCUT2D eigenvalue weighted by molar-refractivity contribution is -0.142. The second-order valence-corrected chi connectivity index (χ2v) is 8.24. The van der Waals surface area contributed by atoms with Gasteiger partial charge in [-0.25, -0.2) is 9.59 Å². The molecule has 2 N–H and O–H groups in total. The summed E-state index contributed by atoms with van der Waals surface area (Å²) in [5, 5.41) is 12.1. The minimum atomic E-state index is -1.01. The Morgan fingerprint density at radius 3 is 1.96 bits per heavy atom. The summed E-state index contributed by atoms with van der Waals surface area (Å²) in [6.07, 6.45) is -0.589. The number of carbonyl (C=O) groups is 3. The minimum Gasteiger partial charge on any atom is -0.481 e. The highest BCUT2D eigenvalue weighted by molar-refractivity contribution is 5.74. The van der Waals surface area contributed by atoms with Crippen LogP contribution in [0.3, 0.4) is 0 Å². The summed E-state index contributed by atoms with van der Waals surface area (Å²) in [7, 11) is 0. The number of amides is 2. The van der Waals surface area contributed by atoms with E-state index in [0.29, 0.717) is 13.0 Å². The van der Waals surface area contributed by atoms with Gasteiger partial charge in [-0.2, -0.15) is 0 Å². The molecule has 0 bridgehead atoms. The van der Waals surface area contributed by atoms with E-state index < -0.39 is 41.3 Å². The minimum absolute atomic E-state index is 0.231. The number of carboxylic acids is 1. The van der Waals surface area contributed by atoms with Gasteiger partial charge in [0.05, 0.1) is 5.92 Å². The van der Waals surface area contributed by atoms with Gasteiger partial charge in [0, 0.05) is 19.1 Å². The van der Waals surface area contributed by atoms with Gasteiger partial charge in [-0.05, 0) is 54.4 Å².